The summed E-state index contributed by atoms with van der Waals surface area (Å²) >= 11 is 5.86. The summed E-state index contributed by atoms with van der Waals surface area (Å²) in [4.78, 5) is 24.5. The lowest BCUT2D eigenvalue weighted by Gasteiger charge is -2.38. The van der Waals surface area contributed by atoms with E-state index in [1.54, 1.807) is 24.3 Å². The Morgan fingerprint density at radius 2 is 1.70 bits per heavy atom. The van der Waals surface area contributed by atoms with Crippen molar-refractivity contribution in [1.29, 1.82) is 0 Å². The number of hydrogen-bond donors (Lipinski definition) is 4. The maximum absolute atomic E-state index is 12.6. The van der Waals surface area contributed by atoms with Gasteiger partial charge in [-0.2, -0.15) is 0 Å². The van der Waals surface area contributed by atoms with Crippen molar-refractivity contribution in [3.05, 3.63) is 34.9 Å². The van der Waals surface area contributed by atoms with Crippen LogP contribution in [0.3, 0.4) is 0 Å². The number of unbranched alkanes of at least 4 members (excludes halogenated alkanes) is 1. The number of nitrogens with two attached hydrogens (primary N) is 1. The molecule has 0 aromatic heterocycles. The molecule has 0 spiro atoms. The molecule has 27 heavy (non-hydrogen) atoms. The van der Waals surface area contributed by atoms with Crippen molar-refractivity contribution in [3.63, 3.8) is 0 Å². The Morgan fingerprint density at radius 1 is 1.11 bits per heavy atom. The number of carbonyl (C=O) groups excluding carboxylic acids is 1. The first kappa shape index (κ1) is 21.9. The van der Waals surface area contributed by atoms with E-state index in [1.807, 2.05) is 0 Å². The maximum Gasteiger partial charge on any atom is 0.451 e. The van der Waals surface area contributed by atoms with Gasteiger partial charge in [0.25, 0.3) is 0 Å². The Bertz CT molecular complexity index is 646. The van der Waals surface area contributed by atoms with E-state index in [0.29, 0.717) is 49.1 Å². The Balaban J connectivity index is 1.93. The standard InChI is InChI=1S/C19H27BClNO5/c21-16-9-5-14(6-10-16)17(23)13-3-7-15(8-4-13)19(22,18(24)25)11-1-2-12-20(26)27/h5-6,9-10,13,15,26-27H,1-4,7-8,11-12,22H2,(H,24,25)/t13-,15+,19?. The van der Waals surface area contributed by atoms with Gasteiger partial charge in [-0.15, -0.1) is 0 Å². The predicted molar refractivity (Wildman–Crippen MR) is 105 cm³/mol. The first-order valence-corrected chi connectivity index (χ1v) is 9.80. The van der Waals surface area contributed by atoms with E-state index in [9.17, 15) is 14.7 Å². The second-order valence-electron chi connectivity index (χ2n) is 7.49. The Morgan fingerprint density at radius 3 is 2.22 bits per heavy atom. The van der Waals surface area contributed by atoms with Gasteiger partial charge in [0.1, 0.15) is 5.54 Å². The van der Waals surface area contributed by atoms with Crippen LogP contribution in [0.25, 0.3) is 0 Å². The summed E-state index contributed by atoms with van der Waals surface area (Å²) in [5.74, 6) is -1.27. The first-order chi connectivity index (χ1) is 12.7. The third kappa shape index (κ3) is 5.78. The fraction of sp³-hybridized carbons (Fsp3) is 0.579. The van der Waals surface area contributed by atoms with Crippen molar-refractivity contribution < 1.29 is 24.7 Å². The van der Waals surface area contributed by atoms with E-state index >= 15 is 0 Å². The first-order valence-electron chi connectivity index (χ1n) is 9.42. The number of Topliss-reactive ketones (excluding diaryl/α,β-unsaturated/α-hetero) is 1. The average Bonchev–Trinajstić information content (AvgIpc) is 2.65. The van der Waals surface area contributed by atoms with Crippen LogP contribution in [0.1, 0.15) is 55.3 Å². The fourth-order valence-corrected chi connectivity index (χ4v) is 4.08. The molecule has 0 aliphatic heterocycles. The number of rotatable bonds is 9. The number of hydrogen-bond acceptors (Lipinski definition) is 5. The molecule has 2 rings (SSSR count). The summed E-state index contributed by atoms with van der Waals surface area (Å²) in [6.45, 7) is 0. The minimum Gasteiger partial charge on any atom is -0.480 e. The zero-order chi connectivity index (χ0) is 20.0. The predicted octanol–water partition coefficient (Wildman–Crippen LogP) is 2.75. The zero-order valence-electron chi connectivity index (χ0n) is 15.3. The van der Waals surface area contributed by atoms with E-state index in [2.05, 4.69) is 0 Å². The molecule has 1 aliphatic carbocycles. The minimum absolute atomic E-state index is 0.0694. The van der Waals surface area contributed by atoms with Crippen molar-refractivity contribution >= 4 is 30.5 Å². The molecule has 1 fully saturated rings. The van der Waals surface area contributed by atoms with Gasteiger partial charge in [0, 0.05) is 16.5 Å². The molecular formula is C19H27BClNO5. The molecule has 1 saturated carbocycles. The number of carboxylic acids is 1. The molecule has 148 valence electrons. The highest BCUT2D eigenvalue weighted by molar-refractivity contribution is 6.40. The van der Waals surface area contributed by atoms with E-state index < -0.39 is 18.6 Å². The highest BCUT2D eigenvalue weighted by Gasteiger charge is 2.44. The molecule has 0 bridgehead atoms. The Kier molecular flexibility index (Phi) is 7.85. The number of carbonyl (C=O) groups is 2. The van der Waals surface area contributed by atoms with Gasteiger partial charge in [-0.3, -0.25) is 9.59 Å². The highest BCUT2D eigenvalue weighted by atomic mass is 35.5. The summed E-state index contributed by atoms with van der Waals surface area (Å²) in [5.41, 5.74) is 5.55. The lowest BCUT2D eigenvalue weighted by molar-refractivity contribution is -0.146. The molecule has 5 N–H and O–H groups in total. The molecule has 1 unspecified atom stereocenters. The van der Waals surface area contributed by atoms with Crippen LogP contribution >= 0.6 is 11.6 Å². The van der Waals surface area contributed by atoms with Gasteiger partial charge in [-0.05, 0) is 68.6 Å². The van der Waals surface area contributed by atoms with Crippen molar-refractivity contribution in [1.82, 2.24) is 0 Å². The van der Waals surface area contributed by atoms with Crippen LogP contribution in [0, 0.1) is 11.8 Å². The van der Waals surface area contributed by atoms with Crippen LogP contribution in [0.2, 0.25) is 11.3 Å². The van der Waals surface area contributed by atoms with E-state index in [1.165, 1.54) is 0 Å². The molecule has 1 aromatic rings. The summed E-state index contributed by atoms with van der Waals surface area (Å²) in [5, 5.41) is 28.0. The van der Waals surface area contributed by atoms with Gasteiger partial charge in [0.15, 0.2) is 5.78 Å². The molecule has 0 amide bonds. The van der Waals surface area contributed by atoms with Gasteiger partial charge < -0.3 is 20.9 Å². The summed E-state index contributed by atoms with van der Waals surface area (Å²) in [6, 6.07) is 6.83. The molecule has 1 aliphatic rings. The van der Waals surface area contributed by atoms with Crippen LogP contribution in [0.15, 0.2) is 24.3 Å². The molecule has 1 aromatic carbocycles. The van der Waals surface area contributed by atoms with Gasteiger partial charge >= 0.3 is 13.1 Å². The molecule has 1 atom stereocenters. The normalized spacial score (nSPS) is 22.1. The fourth-order valence-electron chi connectivity index (χ4n) is 3.95. The monoisotopic (exact) mass is 395 g/mol. The number of carboxylic acid groups (broad SMARTS) is 1. The smallest absolute Gasteiger partial charge is 0.451 e. The van der Waals surface area contributed by atoms with Crippen LogP contribution < -0.4 is 5.73 Å². The summed E-state index contributed by atoms with van der Waals surface area (Å²) in [7, 11) is -1.38. The van der Waals surface area contributed by atoms with Gasteiger partial charge in [-0.1, -0.05) is 24.4 Å². The van der Waals surface area contributed by atoms with Crippen molar-refractivity contribution in [3.8, 4) is 0 Å². The topological polar surface area (TPSA) is 121 Å². The van der Waals surface area contributed by atoms with Gasteiger partial charge in [0.05, 0.1) is 0 Å². The lowest BCUT2D eigenvalue weighted by atomic mass is 9.68. The maximum atomic E-state index is 12.6. The molecule has 0 saturated heterocycles. The Hall–Kier alpha value is -1.41. The summed E-state index contributed by atoms with van der Waals surface area (Å²) < 4.78 is 0. The second kappa shape index (κ2) is 9.69. The minimum atomic E-state index is -1.38. The molecule has 8 heteroatoms. The largest absolute Gasteiger partial charge is 0.480 e. The Labute approximate surface area is 164 Å². The van der Waals surface area contributed by atoms with Crippen molar-refractivity contribution in [2.24, 2.45) is 17.6 Å². The number of ketones is 1. The SMILES string of the molecule is NC(CCCCB(O)O)(C(=O)O)[C@H]1CC[C@@H](C(=O)c2ccc(Cl)cc2)CC1. The zero-order valence-corrected chi connectivity index (χ0v) is 16.1. The highest BCUT2D eigenvalue weighted by Crippen LogP contribution is 2.38. The van der Waals surface area contributed by atoms with Crippen molar-refractivity contribution in [2.45, 2.75) is 56.8 Å². The van der Waals surface area contributed by atoms with E-state index in [-0.39, 0.29) is 30.4 Å². The van der Waals surface area contributed by atoms with Crippen LogP contribution in [-0.2, 0) is 4.79 Å². The molecule has 6 nitrogen and oxygen atoms in total. The van der Waals surface area contributed by atoms with E-state index in [0.717, 1.165) is 0 Å². The van der Waals surface area contributed by atoms with Gasteiger partial charge in [-0.25, -0.2) is 0 Å². The third-order valence-electron chi connectivity index (χ3n) is 5.66. The van der Waals surface area contributed by atoms with Crippen molar-refractivity contribution in [2.75, 3.05) is 0 Å². The molecule has 0 heterocycles. The van der Waals surface area contributed by atoms with Gasteiger partial charge in [0.2, 0.25) is 0 Å². The summed E-state index contributed by atoms with van der Waals surface area (Å²) in [6.07, 6.45) is 3.94. The quantitative estimate of drug-likeness (QED) is 0.290. The average molecular weight is 396 g/mol. The second-order valence-corrected chi connectivity index (χ2v) is 7.93. The molecular weight excluding hydrogens is 368 g/mol. The third-order valence-corrected chi connectivity index (χ3v) is 5.91. The van der Waals surface area contributed by atoms with E-state index in [4.69, 9.17) is 27.4 Å². The number of halogens is 1. The number of benzene rings is 1. The van der Waals surface area contributed by atoms with Crippen LogP contribution in [-0.4, -0.2) is 39.6 Å². The molecule has 0 radical (unpaired) electrons. The number of aliphatic carboxylic acids is 1. The van der Waals surface area contributed by atoms with Crippen LogP contribution in [0.5, 0.6) is 0 Å². The lowest BCUT2D eigenvalue weighted by Crippen LogP contribution is -2.55. The van der Waals surface area contributed by atoms with Crippen LogP contribution in [0.4, 0.5) is 0 Å².